The third kappa shape index (κ3) is 4.43. The van der Waals surface area contributed by atoms with Crippen LogP contribution in [0.25, 0.3) is 5.69 Å². The Balaban J connectivity index is 1.99. The van der Waals surface area contributed by atoms with Crippen molar-refractivity contribution in [3.63, 3.8) is 0 Å². The van der Waals surface area contributed by atoms with Gasteiger partial charge in [0, 0.05) is 17.1 Å². The van der Waals surface area contributed by atoms with E-state index in [1.807, 2.05) is 31.2 Å². The van der Waals surface area contributed by atoms with Crippen LogP contribution in [0.15, 0.2) is 48.5 Å². The Hall–Kier alpha value is -2.50. The highest BCUT2D eigenvalue weighted by atomic mass is 35.5. The van der Waals surface area contributed by atoms with E-state index in [9.17, 15) is 4.79 Å². The summed E-state index contributed by atoms with van der Waals surface area (Å²) in [6.45, 7) is 2.56. The molecule has 5 nitrogen and oxygen atoms in total. The average Bonchev–Trinajstić information content (AvgIpc) is 3.06. The minimum Gasteiger partial charge on any atom is -0.494 e. The Morgan fingerprint density at radius 2 is 1.85 bits per heavy atom. The number of rotatable bonds is 6. The van der Waals surface area contributed by atoms with Crippen molar-refractivity contribution >= 4 is 29.2 Å². The molecule has 0 spiro atoms. The number of benzene rings is 2. The lowest BCUT2D eigenvalue weighted by atomic mass is 10.1. The van der Waals surface area contributed by atoms with Gasteiger partial charge in [-0.05, 0) is 48.9 Å². The summed E-state index contributed by atoms with van der Waals surface area (Å²) in [5.41, 5.74) is 2.69. The first-order valence-electron chi connectivity index (χ1n) is 8.36. The second-order valence-corrected chi connectivity index (χ2v) is 6.62. The number of hydrogen-bond donors (Lipinski definition) is 0. The van der Waals surface area contributed by atoms with Crippen molar-refractivity contribution in [2.45, 2.75) is 13.3 Å². The van der Waals surface area contributed by atoms with Gasteiger partial charge in [0.25, 0.3) is 0 Å². The van der Waals surface area contributed by atoms with E-state index in [0.717, 1.165) is 17.0 Å². The summed E-state index contributed by atoms with van der Waals surface area (Å²) in [6.07, 6.45) is 0.551. The highest BCUT2D eigenvalue weighted by Gasteiger charge is 2.18. The quantitative estimate of drug-likeness (QED) is 0.545. The number of nitrogens with zero attached hydrogens (tertiary/aromatic N) is 2. The predicted octanol–water partition coefficient (Wildman–Crippen LogP) is 4.96. The molecule has 1 heterocycles. The molecule has 2 aromatic carbocycles. The SMILES string of the molecule is CCOc1ccc(Cc2cc(C(=O)OC)nn2-c2ccc(Cl)cc2Cl)cc1. The molecule has 3 rings (SSSR count). The van der Waals surface area contributed by atoms with E-state index >= 15 is 0 Å². The summed E-state index contributed by atoms with van der Waals surface area (Å²) < 4.78 is 11.9. The molecule has 1 aromatic heterocycles. The molecule has 3 aromatic rings. The van der Waals surface area contributed by atoms with Crippen molar-refractivity contribution in [1.82, 2.24) is 9.78 Å². The van der Waals surface area contributed by atoms with Crippen molar-refractivity contribution in [2.75, 3.05) is 13.7 Å². The van der Waals surface area contributed by atoms with Crippen molar-refractivity contribution in [3.05, 3.63) is 75.5 Å². The van der Waals surface area contributed by atoms with Crippen LogP contribution in [0.2, 0.25) is 10.0 Å². The summed E-state index contributed by atoms with van der Waals surface area (Å²) in [5, 5.41) is 5.34. The normalized spacial score (nSPS) is 10.7. The number of aromatic nitrogens is 2. The molecule has 0 atom stereocenters. The summed E-state index contributed by atoms with van der Waals surface area (Å²) in [6, 6.07) is 14.6. The summed E-state index contributed by atoms with van der Waals surface area (Å²) in [7, 11) is 1.32. The Bertz CT molecular complexity index is 952. The lowest BCUT2D eigenvalue weighted by Gasteiger charge is -2.10. The zero-order chi connectivity index (χ0) is 19.4. The molecule has 27 heavy (non-hydrogen) atoms. The largest absolute Gasteiger partial charge is 0.494 e. The van der Waals surface area contributed by atoms with Gasteiger partial charge in [0.15, 0.2) is 5.69 Å². The average molecular weight is 405 g/mol. The van der Waals surface area contributed by atoms with Crippen LogP contribution in [0.1, 0.15) is 28.7 Å². The maximum absolute atomic E-state index is 11.9. The Morgan fingerprint density at radius 3 is 2.48 bits per heavy atom. The molecule has 0 saturated carbocycles. The molecule has 0 amide bonds. The minimum atomic E-state index is -0.508. The van der Waals surface area contributed by atoms with Crippen LogP contribution in [0.3, 0.4) is 0 Å². The number of halogens is 2. The van der Waals surface area contributed by atoms with E-state index in [2.05, 4.69) is 5.10 Å². The molecule has 0 aliphatic heterocycles. The zero-order valence-corrected chi connectivity index (χ0v) is 16.4. The lowest BCUT2D eigenvalue weighted by molar-refractivity contribution is 0.0593. The fourth-order valence-corrected chi connectivity index (χ4v) is 3.18. The van der Waals surface area contributed by atoms with E-state index in [-0.39, 0.29) is 5.69 Å². The summed E-state index contributed by atoms with van der Waals surface area (Å²) in [4.78, 5) is 11.9. The number of carbonyl (C=O) groups excluding carboxylic acids is 1. The van der Waals surface area contributed by atoms with Crippen LogP contribution in [-0.4, -0.2) is 29.5 Å². The van der Waals surface area contributed by atoms with Gasteiger partial charge < -0.3 is 9.47 Å². The van der Waals surface area contributed by atoms with E-state index in [1.54, 1.807) is 28.9 Å². The van der Waals surface area contributed by atoms with Crippen molar-refractivity contribution < 1.29 is 14.3 Å². The first-order valence-corrected chi connectivity index (χ1v) is 9.11. The summed E-state index contributed by atoms with van der Waals surface area (Å²) >= 11 is 12.3. The molecule has 0 aliphatic carbocycles. The Kier molecular flexibility index (Phi) is 6.04. The highest BCUT2D eigenvalue weighted by Crippen LogP contribution is 2.27. The standard InChI is InChI=1S/C20H18Cl2N2O3/c1-3-27-16-7-4-13(5-8-16)10-15-12-18(20(25)26-2)23-24(15)19-9-6-14(21)11-17(19)22/h4-9,11-12H,3,10H2,1-2H3. The fourth-order valence-electron chi connectivity index (χ4n) is 2.69. The molecule has 0 bridgehead atoms. The molecule has 7 heteroatoms. The van der Waals surface area contributed by atoms with Gasteiger partial charge in [0.2, 0.25) is 0 Å². The molecule has 0 N–H and O–H groups in total. The van der Waals surface area contributed by atoms with Crippen molar-refractivity contribution in [2.24, 2.45) is 0 Å². The van der Waals surface area contributed by atoms with Gasteiger partial charge in [-0.2, -0.15) is 5.10 Å². The predicted molar refractivity (Wildman–Crippen MR) is 105 cm³/mol. The monoisotopic (exact) mass is 404 g/mol. The van der Waals surface area contributed by atoms with Gasteiger partial charge >= 0.3 is 5.97 Å². The Morgan fingerprint density at radius 1 is 1.11 bits per heavy atom. The third-order valence-corrected chi connectivity index (χ3v) is 4.47. The zero-order valence-electron chi connectivity index (χ0n) is 14.9. The Labute approximate surface area is 167 Å². The maximum Gasteiger partial charge on any atom is 0.358 e. The molecular weight excluding hydrogens is 387 g/mol. The molecular formula is C20H18Cl2N2O3. The van der Waals surface area contributed by atoms with Crippen LogP contribution >= 0.6 is 23.2 Å². The van der Waals surface area contributed by atoms with Crippen LogP contribution in [0.4, 0.5) is 0 Å². The van der Waals surface area contributed by atoms with Gasteiger partial charge in [-0.1, -0.05) is 35.3 Å². The smallest absolute Gasteiger partial charge is 0.358 e. The number of methoxy groups -OCH3 is 1. The number of ether oxygens (including phenoxy) is 2. The lowest BCUT2D eigenvalue weighted by Crippen LogP contribution is -2.06. The van der Waals surface area contributed by atoms with Gasteiger partial charge in [-0.25, -0.2) is 9.48 Å². The molecule has 0 unspecified atom stereocenters. The number of hydrogen-bond acceptors (Lipinski definition) is 4. The van der Waals surface area contributed by atoms with E-state index in [1.165, 1.54) is 7.11 Å². The molecule has 0 saturated heterocycles. The third-order valence-electron chi connectivity index (χ3n) is 3.94. The molecule has 0 radical (unpaired) electrons. The van der Waals surface area contributed by atoms with E-state index in [4.69, 9.17) is 32.7 Å². The van der Waals surface area contributed by atoms with E-state index in [0.29, 0.717) is 28.8 Å². The van der Waals surface area contributed by atoms with Crippen LogP contribution in [0, 0.1) is 0 Å². The van der Waals surface area contributed by atoms with Crippen LogP contribution in [-0.2, 0) is 11.2 Å². The van der Waals surface area contributed by atoms with Crippen molar-refractivity contribution in [1.29, 1.82) is 0 Å². The first kappa shape index (κ1) is 19.3. The second-order valence-electron chi connectivity index (χ2n) is 5.77. The fraction of sp³-hybridized carbons (Fsp3) is 0.200. The van der Waals surface area contributed by atoms with Gasteiger partial charge in [-0.3, -0.25) is 0 Å². The molecule has 0 fully saturated rings. The van der Waals surface area contributed by atoms with E-state index < -0.39 is 5.97 Å². The molecule has 0 aliphatic rings. The van der Waals surface area contributed by atoms with Gasteiger partial charge in [0.05, 0.1) is 24.4 Å². The maximum atomic E-state index is 11.9. The van der Waals surface area contributed by atoms with Gasteiger partial charge in [-0.15, -0.1) is 0 Å². The minimum absolute atomic E-state index is 0.212. The first-order chi connectivity index (χ1) is 13.0. The van der Waals surface area contributed by atoms with Crippen LogP contribution in [0.5, 0.6) is 5.75 Å². The number of carbonyl (C=O) groups is 1. The number of esters is 1. The van der Waals surface area contributed by atoms with Crippen molar-refractivity contribution in [3.8, 4) is 11.4 Å². The topological polar surface area (TPSA) is 53.4 Å². The summed E-state index contributed by atoms with van der Waals surface area (Å²) in [5.74, 6) is 0.303. The highest BCUT2D eigenvalue weighted by molar-refractivity contribution is 6.35. The molecule has 140 valence electrons. The second kappa shape index (κ2) is 8.46. The van der Waals surface area contributed by atoms with Crippen LogP contribution < -0.4 is 4.74 Å². The van der Waals surface area contributed by atoms with Gasteiger partial charge in [0.1, 0.15) is 5.75 Å².